The molecule has 0 fully saturated rings. The zero-order valence-corrected chi connectivity index (χ0v) is 17.7. The molecule has 0 unspecified atom stereocenters. The number of hydrogen-bond acceptors (Lipinski definition) is 3. The van der Waals surface area contributed by atoms with Crippen LogP contribution in [0.3, 0.4) is 0 Å². The number of hydrogen-bond donors (Lipinski definition) is 2. The Hall–Kier alpha value is -3.64. The lowest BCUT2D eigenvalue weighted by Gasteiger charge is -2.11. The highest BCUT2D eigenvalue weighted by Crippen LogP contribution is 2.18. The van der Waals surface area contributed by atoms with Crippen molar-refractivity contribution >= 4 is 40.1 Å². The third-order valence-corrected chi connectivity index (χ3v) is 5.21. The SMILES string of the molecule is Cc1ccccc1C(=O)NCc1nc2ccccc2n1CC(=O)Nc1ccc(Cl)cc1. The average Bonchev–Trinajstić information content (AvgIpc) is 3.11. The Morgan fingerprint density at radius 2 is 1.68 bits per heavy atom. The summed E-state index contributed by atoms with van der Waals surface area (Å²) in [7, 11) is 0. The fourth-order valence-electron chi connectivity index (χ4n) is 3.40. The van der Waals surface area contributed by atoms with Crippen molar-refractivity contribution < 1.29 is 9.59 Å². The average molecular weight is 433 g/mol. The highest BCUT2D eigenvalue weighted by Gasteiger charge is 2.15. The maximum Gasteiger partial charge on any atom is 0.251 e. The van der Waals surface area contributed by atoms with Gasteiger partial charge in [0.15, 0.2) is 0 Å². The third-order valence-electron chi connectivity index (χ3n) is 4.96. The number of carbonyl (C=O) groups excluding carboxylic acids is 2. The first-order chi connectivity index (χ1) is 15.0. The van der Waals surface area contributed by atoms with Crippen molar-refractivity contribution in [3.05, 3.63) is 94.8 Å². The molecular formula is C24H21ClN4O2. The Labute approximate surface area is 184 Å². The van der Waals surface area contributed by atoms with E-state index >= 15 is 0 Å². The predicted molar refractivity (Wildman–Crippen MR) is 122 cm³/mol. The van der Waals surface area contributed by atoms with Crippen molar-refractivity contribution in [3.63, 3.8) is 0 Å². The van der Waals surface area contributed by atoms with Crippen LogP contribution in [0.1, 0.15) is 21.7 Å². The van der Waals surface area contributed by atoms with E-state index in [2.05, 4.69) is 15.6 Å². The van der Waals surface area contributed by atoms with Crippen LogP contribution in [-0.2, 0) is 17.9 Å². The van der Waals surface area contributed by atoms with Gasteiger partial charge in [-0.25, -0.2) is 4.98 Å². The molecule has 31 heavy (non-hydrogen) atoms. The normalized spacial score (nSPS) is 10.8. The summed E-state index contributed by atoms with van der Waals surface area (Å²) in [4.78, 5) is 29.9. The van der Waals surface area contributed by atoms with Crippen molar-refractivity contribution in [3.8, 4) is 0 Å². The van der Waals surface area contributed by atoms with Gasteiger partial charge >= 0.3 is 0 Å². The number of nitrogens with one attached hydrogen (secondary N) is 2. The van der Waals surface area contributed by atoms with Crippen LogP contribution in [0.4, 0.5) is 5.69 Å². The summed E-state index contributed by atoms with van der Waals surface area (Å²) in [6, 6.07) is 21.9. The Balaban J connectivity index is 1.54. The quantitative estimate of drug-likeness (QED) is 0.468. The molecule has 2 N–H and O–H groups in total. The van der Waals surface area contributed by atoms with Crippen LogP contribution in [0.5, 0.6) is 0 Å². The summed E-state index contributed by atoms with van der Waals surface area (Å²) < 4.78 is 1.82. The van der Waals surface area contributed by atoms with Gasteiger partial charge in [0.2, 0.25) is 5.91 Å². The van der Waals surface area contributed by atoms with Gasteiger partial charge in [-0.15, -0.1) is 0 Å². The van der Waals surface area contributed by atoms with Crippen molar-refractivity contribution in [2.24, 2.45) is 0 Å². The second-order valence-electron chi connectivity index (χ2n) is 7.16. The number of rotatable bonds is 6. The van der Waals surface area contributed by atoms with Crippen LogP contribution in [0.25, 0.3) is 11.0 Å². The molecule has 0 aliphatic carbocycles. The molecule has 4 aromatic rings. The predicted octanol–water partition coefficient (Wildman–Crippen LogP) is 4.57. The molecule has 0 radical (unpaired) electrons. The fraction of sp³-hybridized carbons (Fsp3) is 0.125. The van der Waals surface area contributed by atoms with E-state index in [-0.39, 0.29) is 24.9 Å². The number of halogens is 1. The van der Waals surface area contributed by atoms with Crippen molar-refractivity contribution in [2.75, 3.05) is 5.32 Å². The third kappa shape index (κ3) is 4.75. The first-order valence-electron chi connectivity index (χ1n) is 9.84. The Morgan fingerprint density at radius 3 is 2.45 bits per heavy atom. The minimum absolute atomic E-state index is 0.0682. The van der Waals surface area contributed by atoms with Gasteiger partial charge in [-0.1, -0.05) is 41.9 Å². The van der Waals surface area contributed by atoms with Crippen LogP contribution in [0.2, 0.25) is 5.02 Å². The lowest BCUT2D eigenvalue weighted by atomic mass is 10.1. The van der Waals surface area contributed by atoms with Crippen LogP contribution in [-0.4, -0.2) is 21.4 Å². The van der Waals surface area contributed by atoms with Gasteiger partial charge in [0, 0.05) is 16.3 Å². The molecule has 2 amide bonds. The van der Waals surface area contributed by atoms with Crippen LogP contribution in [0, 0.1) is 6.92 Å². The van der Waals surface area contributed by atoms with Crippen molar-refractivity contribution in [2.45, 2.75) is 20.0 Å². The maximum atomic E-state index is 12.7. The van der Waals surface area contributed by atoms with E-state index in [0.717, 1.165) is 16.6 Å². The molecule has 0 aliphatic rings. The van der Waals surface area contributed by atoms with E-state index in [1.165, 1.54) is 0 Å². The summed E-state index contributed by atoms with van der Waals surface area (Å²) in [5, 5.41) is 6.38. The molecule has 0 atom stereocenters. The summed E-state index contributed by atoms with van der Waals surface area (Å²) >= 11 is 5.90. The minimum Gasteiger partial charge on any atom is -0.345 e. The van der Waals surface area contributed by atoms with E-state index in [1.54, 1.807) is 30.3 Å². The zero-order chi connectivity index (χ0) is 21.8. The Kier molecular flexibility index (Phi) is 6.00. The largest absolute Gasteiger partial charge is 0.345 e. The smallest absolute Gasteiger partial charge is 0.251 e. The molecule has 7 heteroatoms. The highest BCUT2D eigenvalue weighted by molar-refractivity contribution is 6.30. The lowest BCUT2D eigenvalue weighted by Crippen LogP contribution is -2.27. The molecule has 4 rings (SSSR count). The summed E-state index contributed by atoms with van der Waals surface area (Å²) in [6.45, 7) is 2.17. The second-order valence-corrected chi connectivity index (χ2v) is 7.59. The number of amides is 2. The van der Waals surface area contributed by atoms with Crippen LogP contribution in [0.15, 0.2) is 72.8 Å². The molecule has 156 valence electrons. The van der Waals surface area contributed by atoms with Crippen molar-refractivity contribution in [1.29, 1.82) is 0 Å². The second kappa shape index (κ2) is 9.02. The molecule has 1 aromatic heterocycles. The first-order valence-corrected chi connectivity index (χ1v) is 10.2. The number of carbonyl (C=O) groups is 2. The topological polar surface area (TPSA) is 76.0 Å². The number of benzene rings is 3. The number of imidazole rings is 1. The van der Waals surface area contributed by atoms with Gasteiger partial charge in [-0.2, -0.15) is 0 Å². The molecule has 0 bridgehead atoms. The van der Waals surface area contributed by atoms with E-state index < -0.39 is 0 Å². The molecule has 0 saturated carbocycles. The van der Waals surface area contributed by atoms with Crippen molar-refractivity contribution in [1.82, 2.24) is 14.9 Å². The molecule has 0 spiro atoms. The molecule has 1 heterocycles. The monoisotopic (exact) mass is 432 g/mol. The van der Waals surface area contributed by atoms with Gasteiger partial charge in [0.25, 0.3) is 5.91 Å². The number of anilines is 1. The van der Waals surface area contributed by atoms with Gasteiger partial charge in [0.05, 0.1) is 17.6 Å². The van der Waals surface area contributed by atoms with Crippen LogP contribution >= 0.6 is 11.6 Å². The molecule has 0 aliphatic heterocycles. The Bertz CT molecular complexity index is 1250. The van der Waals surface area contributed by atoms with Crippen LogP contribution < -0.4 is 10.6 Å². The van der Waals surface area contributed by atoms with Gasteiger partial charge < -0.3 is 15.2 Å². The van der Waals surface area contributed by atoms with E-state index in [9.17, 15) is 9.59 Å². The van der Waals surface area contributed by atoms with Gasteiger partial charge in [-0.3, -0.25) is 9.59 Å². The molecule has 6 nitrogen and oxygen atoms in total. The summed E-state index contributed by atoms with van der Waals surface area (Å²) in [5.41, 5.74) is 3.77. The number of aryl methyl sites for hydroxylation is 1. The maximum absolute atomic E-state index is 12.7. The highest BCUT2D eigenvalue weighted by atomic mass is 35.5. The summed E-state index contributed by atoms with van der Waals surface area (Å²) in [5.74, 6) is 0.230. The number of aromatic nitrogens is 2. The molecule has 3 aromatic carbocycles. The number of fused-ring (bicyclic) bond motifs is 1. The molecule has 0 saturated heterocycles. The van der Waals surface area contributed by atoms with E-state index in [4.69, 9.17) is 11.6 Å². The Morgan fingerprint density at radius 1 is 0.968 bits per heavy atom. The standard InChI is InChI=1S/C24H21ClN4O2/c1-16-6-2-3-7-19(16)24(31)26-14-22-28-20-8-4-5-9-21(20)29(22)15-23(30)27-18-12-10-17(25)11-13-18/h2-13H,14-15H2,1H3,(H,26,31)(H,27,30). The zero-order valence-electron chi connectivity index (χ0n) is 16.9. The van der Waals surface area contributed by atoms with Gasteiger partial charge in [-0.05, 0) is 55.0 Å². The number of para-hydroxylation sites is 2. The summed E-state index contributed by atoms with van der Waals surface area (Å²) in [6.07, 6.45) is 0. The lowest BCUT2D eigenvalue weighted by molar-refractivity contribution is -0.116. The van der Waals surface area contributed by atoms with Gasteiger partial charge in [0.1, 0.15) is 12.4 Å². The van der Waals surface area contributed by atoms with E-state index in [0.29, 0.717) is 22.1 Å². The fourth-order valence-corrected chi connectivity index (χ4v) is 3.52. The van der Waals surface area contributed by atoms with E-state index in [1.807, 2.05) is 54.0 Å². The number of nitrogens with zero attached hydrogens (tertiary/aromatic N) is 2. The minimum atomic E-state index is -0.197. The molecular weight excluding hydrogens is 412 g/mol. The first kappa shape index (κ1) is 20.6.